The van der Waals surface area contributed by atoms with Gasteiger partial charge >= 0.3 is 12.4 Å². The summed E-state index contributed by atoms with van der Waals surface area (Å²) in [6.07, 6.45) is -9.15. The Kier molecular flexibility index (Phi) is 5.87. The van der Waals surface area contributed by atoms with Crippen molar-refractivity contribution in [2.75, 3.05) is 5.32 Å². The number of aromatic nitrogens is 2. The van der Waals surface area contributed by atoms with Crippen LogP contribution in [0.25, 0.3) is 10.2 Å². The molecule has 0 aliphatic heterocycles. The molecule has 0 spiro atoms. The summed E-state index contributed by atoms with van der Waals surface area (Å²) in [5.74, 6) is -0.849. The topological polar surface area (TPSA) is 64.0 Å². The Balaban J connectivity index is 1.80. The monoisotopic (exact) mass is 463 g/mol. The molecule has 2 heterocycles. The van der Waals surface area contributed by atoms with Gasteiger partial charge in [-0.05, 0) is 37.6 Å². The molecule has 0 saturated carbocycles. The first-order chi connectivity index (χ1) is 14.3. The molecule has 5 nitrogen and oxygen atoms in total. The average Bonchev–Trinajstić information content (AvgIpc) is 2.94. The number of hydrogen-bond acceptors (Lipinski definition) is 4. The number of carbonyl (C=O) groups excluding carboxylic acids is 1. The van der Waals surface area contributed by atoms with E-state index in [2.05, 4.69) is 4.98 Å². The highest BCUT2D eigenvalue weighted by Crippen LogP contribution is 2.37. The van der Waals surface area contributed by atoms with Crippen LogP contribution in [0.1, 0.15) is 28.0 Å². The van der Waals surface area contributed by atoms with Crippen molar-refractivity contribution in [3.8, 4) is 0 Å². The fourth-order valence-corrected chi connectivity index (χ4v) is 3.89. The zero-order valence-corrected chi connectivity index (χ0v) is 16.9. The van der Waals surface area contributed by atoms with Crippen LogP contribution in [0.2, 0.25) is 0 Å². The smallest absolute Gasteiger partial charge is 0.326 e. The van der Waals surface area contributed by atoms with Crippen molar-refractivity contribution in [3.05, 3.63) is 56.4 Å². The number of anilines is 1. The Morgan fingerprint density at radius 2 is 1.65 bits per heavy atom. The molecule has 0 aliphatic rings. The molecule has 0 aliphatic carbocycles. The van der Waals surface area contributed by atoms with Crippen LogP contribution in [-0.4, -0.2) is 15.5 Å². The second-order valence-electron chi connectivity index (χ2n) is 6.80. The molecule has 3 aromatic rings. The highest BCUT2D eigenvalue weighted by atomic mass is 32.1. The van der Waals surface area contributed by atoms with Crippen LogP contribution in [0.3, 0.4) is 0 Å². The summed E-state index contributed by atoms with van der Waals surface area (Å²) < 4.78 is 78.7. The first kappa shape index (κ1) is 22.8. The van der Waals surface area contributed by atoms with Crippen LogP contribution >= 0.6 is 11.3 Å². The van der Waals surface area contributed by atoms with E-state index >= 15 is 0 Å². The largest absolute Gasteiger partial charge is 0.416 e. The number of nitrogens with one attached hydrogen (secondary N) is 1. The summed E-state index contributed by atoms with van der Waals surface area (Å²) in [7, 11) is 0. The number of amides is 1. The van der Waals surface area contributed by atoms with Gasteiger partial charge in [0, 0.05) is 23.5 Å². The number of halogens is 6. The summed E-state index contributed by atoms with van der Waals surface area (Å²) in [5, 5.41) is 2.45. The number of aryl methyl sites for hydroxylation is 3. The van der Waals surface area contributed by atoms with Gasteiger partial charge in [0.2, 0.25) is 5.91 Å². The molecule has 2 aromatic heterocycles. The number of hydrogen-bond donors (Lipinski definition) is 1. The number of alkyl halides is 6. The summed E-state index contributed by atoms with van der Waals surface area (Å²) >= 11 is 1.35. The van der Waals surface area contributed by atoms with Gasteiger partial charge in [0.25, 0.3) is 5.56 Å². The molecule has 0 unspecified atom stereocenters. The van der Waals surface area contributed by atoms with Gasteiger partial charge in [0.15, 0.2) is 0 Å². The quantitative estimate of drug-likeness (QED) is 0.545. The van der Waals surface area contributed by atoms with Crippen molar-refractivity contribution in [1.29, 1.82) is 0 Å². The molecule has 12 heteroatoms. The van der Waals surface area contributed by atoms with Crippen LogP contribution in [-0.2, 0) is 23.7 Å². The van der Waals surface area contributed by atoms with Gasteiger partial charge in [0.05, 0.1) is 22.8 Å². The molecule has 1 N–H and O–H groups in total. The van der Waals surface area contributed by atoms with E-state index in [0.29, 0.717) is 22.3 Å². The zero-order chi connectivity index (χ0) is 23.1. The van der Waals surface area contributed by atoms with Crippen molar-refractivity contribution >= 4 is 33.1 Å². The summed E-state index contributed by atoms with van der Waals surface area (Å²) in [6, 6.07) is 0.816. The minimum absolute atomic E-state index is 0.0265. The van der Waals surface area contributed by atoms with E-state index in [4.69, 9.17) is 0 Å². The predicted octanol–water partition coefficient (Wildman–Crippen LogP) is 5.14. The maximum Gasteiger partial charge on any atom is 0.416 e. The Labute approximate surface area is 175 Å². The molecule has 166 valence electrons. The fraction of sp³-hybridized carbons (Fsp3) is 0.316. The molecule has 0 saturated heterocycles. The van der Waals surface area contributed by atoms with E-state index in [1.807, 2.05) is 12.2 Å². The van der Waals surface area contributed by atoms with Gasteiger partial charge in [-0.1, -0.05) is 0 Å². The minimum Gasteiger partial charge on any atom is -0.326 e. The Morgan fingerprint density at radius 3 is 2.19 bits per heavy atom. The summed E-state index contributed by atoms with van der Waals surface area (Å²) in [6.45, 7) is 3.45. The first-order valence-corrected chi connectivity index (χ1v) is 9.63. The van der Waals surface area contributed by atoms with Crippen LogP contribution in [0.4, 0.5) is 32.0 Å². The number of rotatable bonds is 4. The molecular weight excluding hydrogens is 448 g/mol. The zero-order valence-electron chi connectivity index (χ0n) is 16.1. The first-order valence-electron chi connectivity index (χ1n) is 8.82. The van der Waals surface area contributed by atoms with Crippen molar-refractivity contribution in [2.24, 2.45) is 0 Å². The van der Waals surface area contributed by atoms with Crippen LogP contribution in [0, 0.1) is 13.8 Å². The molecule has 0 atom stereocenters. The summed E-state index contributed by atoms with van der Waals surface area (Å²) in [4.78, 5) is 30.4. The molecule has 0 bridgehead atoms. The standard InChI is InChI=1S/C19H15F6N3O2S/c1-9-10(2)31-16-15(9)17(30)28(8-26-16)4-3-14(29)27-13-6-11(18(20,21)22)5-12(7-13)19(23,24)25/h5-8H,3-4H2,1-2H3,(H,27,29). The van der Waals surface area contributed by atoms with Crippen LogP contribution in [0.5, 0.6) is 0 Å². The minimum atomic E-state index is -5.02. The third-order valence-electron chi connectivity index (χ3n) is 4.61. The number of carbonyl (C=O) groups is 1. The molecule has 1 aromatic carbocycles. The normalized spacial score (nSPS) is 12.4. The molecule has 31 heavy (non-hydrogen) atoms. The second-order valence-corrected chi connectivity index (χ2v) is 8.00. The Morgan fingerprint density at radius 1 is 1.06 bits per heavy atom. The third-order valence-corrected chi connectivity index (χ3v) is 5.72. The lowest BCUT2D eigenvalue weighted by Crippen LogP contribution is -2.24. The second kappa shape index (κ2) is 7.98. The molecular formula is C19H15F6N3O2S. The number of nitrogens with zero attached hydrogens (tertiary/aromatic N) is 2. The highest BCUT2D eigenvalue weighted by molar-refractivity contribution is 7.18. The fourth-order valence-electron chi connectivity index (χ4n) is 2.90. The maximum absolute atomic E-state index is 12.9. The van der Waals surface area contributed by atoms with Crippen LogP contribution < -0.4 is 10.9 Å². The van der Waals surface area contributed by atoms with E-state index in [9.17, 15) is 35.9 Å². The van der Waals surface area contributed by atoms with E-state index in [-0.39, 0.29) is 24.6 Å². The van der Waals surface area contributed by atoms with E-state index < -0.39 is 35.1 Å². The predicted molar refractivity (Wildman–Crippen MR) is 103 cm³/mol. The van der Waals surface area contributed by atoms with E-state index in [0.717, 1.165) is 10.4 Å². The number of benzene rings is 1. The SMILES string of the molecule is Cc1sc2ncn(CCC(=O)Nc3cc(C(F)(F)F)cc(C(F)(F)F)c3)c(=O)c2c1C. The molecule has 3 rings (SSSR count). The van der Waals surface area contributed by atoms with Crippen molar-refractivity contribution in [2.45, 2.75) is 39.2 Å². The van der Waals surface area contributed by atoms with Gasteiger partial charge in [-0.15, -0.1) is 11.3 Å². The van der Waals surface area contributed by atoms with Crippen molar-refractivity contribution < 1.29 is 31.1 Å². The van der Waals surface area contributed by atoms with Gasteiger partial charge in [-0.3, -0.25) is 14.2 Å². The lowest BCUT2D eigenvalue weighted by atomic mass is 10.1. The molecule has 0 radical (unpaired) electrons. The lowest BCUT2D eigenvalue weighted by molar-refractivity contribution is -0.143. The lowest BCUT2D eigenvalue weighted by Gasteiger charge is -2.15. The van der Waals surface area contributed by atoms with E-state index in [1.165, 1.54) is 22.2 Å². The summed E-state index contributed by atoms with van der Waals surface area (Å²) in [5.41, 5.74) is -3.33. The molecule has 1 amide bonds. The van der Waals surface area contributed by atoms with Crippen molar-refractivity contribution in [1.82, 2.24) is 9.55 Å². The highest BCUT2D eigenvalue weighted by Gasteiger charge is 2.37. The van der Waals surface area contributed by atoms with E-state index in [1.54, 1.807) is 6.92 Å². The average molecular weight is 463 g/mol. The van der Waals surface area contributed by atoms with Gasteiger partial charge in [0.1, 0.15) is 4.83 Å². The number of thiophene rings is 1. The number of fused-ring (bicyclic) bond motifs is 1. The van der Waals surface area contributed by atoms with Crippen molar-refractivity contribution in [3.63, 3.8) is 0 Å². The van der Waals surface area contributed by atoms with Crippen LogP contribution in [0.15, 0.2) is 29.3 Å². The van der Waals surface area contributed by atoms with Gasteiger partial charge in [-0.25, -0.2) is 4.98 Å². The third kappa shape index (κ3) is 4.89. The Bertz CT molecular complexity index is 1180. The molecule has 0 fully saturated rings. The van der Waals surface area contributed by atoms with Gasteiger partial charge in [-0.2, -0.15) is 26.3 Å². The Hall–Kier alpha value is -2.89. The maximum atomic E-state index is 12.9. The van der Waals surface area contributed by atoms with Gasteiger partial charge < -0.3 is 5.32 Å².